The molecule has 0 radical (unpaired) electrons. The van der Waals surface area contributed by atoms with Crippen molar-refractivity contribution in [3.8, 4) is 23.1 Å². The van der Waals surface area contributed by atoms with Crippen molar-refractivity contribution < 1.29 is 14.3 Å². The van der Waals surface area contributed by atoms with Gasteiger partial charge in [-0.2, -0.15) is 0 Å². The molecule has 3 N–H and O–H groups in total. The Hall–Kier alpha value is -5.37. The number of hydrogen-bond acceptors (Lipinski definition) is 9. The number of pyridine rings is 2. The maximum Gasteiger partial charge on any atom is 0.410 e. The molecule has 45 heavy (non-hydrogen) atoms. The molecule has 2 amide bonds. The van der Waals surface area contributed by atoms with Crippen molar-refractivity contribution in [3.05, 3.63) is 71.1 Å². The van der Waals surface area contributed by atoms with E-state index in [1.807, 2.05) is 31.2 Å². The third-order valence-corrected chi connectivity index (χ3v) is 6.92. The van der Waals surface area contributed by atoms with E-state index in [0.717, 1.165) is 22.0 Å². The van der Waals surface area contributed by atoms with Gasteiger partial charge in [-0.05, 0) is 90.1 Å². The predicted molar refractivity (Wildman–Crippen MR) is 177 cm³/mol. The van der Waals surface area contributed by atoms with Crippen LogP contribution in [0.15, 0.2) is 42.6 Å². The summed E-state index contributed by atoms with van der Waals surface area (Å²) in [6.45, 7) is 12.3. The van der Waals surface area contributed by atoms with Crippen LogP contribution in [0, 0.1) is 31.1 Å². The molecule has 0 fully saturated rings. The van der Waals surface area contributed by atoms with E-state index in [-0.39, 0.29) is 11.5 Å². The van der Waals surface area contributed by atoms with Crippen molar-refractivity contribution in [2.45, 2.75) is 60.1 Å². The lowest BCUT2D eigenvalue weighted by Crippen LogP contribution is -2.45. The van der Waals surface area contributed by atoms with Gasteiger partial charge in [0.05, 0.1) is 17.1 Å². The number of carbonyl (C=O) groups excluding carboxylic acids is 2. The summed E-state index contributed by atoms with van der Waals surface area (Å²) < 4.78 is 5.42. The molecule has 0 aliphatic carbocycles. The van der Waals surface area contributed by atoms with E-state index in [1.54, 1.807) is 66.9 Å². The number of benzene rings is 1. The zero-order chi connectivity index (χ0) is 33.1. The van der Waals surface area contributed by atoms with E-state index in [9.17, 15) is 9.59 Å². The lowest BCUT2D eigenvalue weighted by Gasteiger charge is -2.28. The van der Waals surface area contributed by atoms with Crippen LogP contribution >= 0.6 is 0 Å². The van der Waals surface area contributed by atoms with Crippen molar-refractivity contribution in [2.75, 3.05) is 24.7 Å². The SMILES string of the molecule is CNc1c(C(C)=N)nc(C)nc1-c1cc(C#Cc2ccc3c(C)nccc3c2)nc(NC(=O)C(C)N(C)C(=O)OC(C)(C)C)c1. The van der Waals surface area contributed by atoms with Gasteiger partial charge in [-0.15, -0.1) is 0 Å². The Morgan fingerprint density at radius 3 is 2.44 bits per heavy atom. The second-order valence-electron chi connectivity index (χ2n) is 11.7. The molecule has 0 saturated heterocycles. The van der Waals surface area contributed by atoms with Gasteiger partial charge >= 0.3 is 6.09 Å². The van der Waals surface area contributed by atoms with Crippen LogP contribution in [0.5, 0.6) is 0 Å². The molecule has 11 heteroatoms. The Morgan fingerprint density at radius 2 is 1.78 bits per heavy atom. The van der Waals surface area contributed by atoms with E-state index in [1.165, 1.54) is 11.9 Å². The van der Waals surface area contributed by atoms with Gasteiger partial charge in [0.15, 0.2) is 0 Å². The molecular formula is C34H38N8O3. The molecule has 3 aromatic heterocycles. The zero-order valence-electron chi connectivity index (χ0n) is 27.1. The number of nitrogens with zero attached hydrogens (tertiary/aromatic N) is 5. The van der Waals surface area contributed by atoms with E-state index >= 15 is 0 Å². The van der Waals surface area contributed by atoms with E-state index in [2.05, 4.69) is 42.4 Å². The number of anilines is 2. The van der Waals surface area contributed by atoms with Crippen LogP contribution < -0.4 is 10.6 Å². The highest BCUT2D eigenvalue weighted by Crippen LogP contribution is 2.31. The summed E-state index contributed by atoms with van der Waals surface area (Å²) in [4.78, 5) is 45.2. The molecule has 0 bridgehead atoms. The number of aromatic nitrogens is 4. The minimum Gasteiger partial charge on any atom is -0.444 e. The monoisotopic (exact) mass is 606 g/mol. The topological polar surface area (TPSA) is 146 Å². The number of nitrogens with one attached hydrogen (secondary N) is 3. The summed E-state index contributed by atoms with van der Waals surface area (Å²) >= 11 is 0. The number of hydrogen-bond donors (Lipinski definition) is 3. The fourth-order valence-electron chi connectivity index (χ4n) is 4.53. The van der Waals surface area contributed by atoms with Crippen LogP contribution in [0.4, 0.5) is 16.3 Å². The molecule has 0 saturated carbocycles. The number of carbonyl (C=O) groups is 2. The van der Waals surface area contributed by atoms with E-state index in [0.29, 0.717) is 34.2 Å². The third-order valence-electron chi connectivity index (χ3n) is 6.92. The molecular weight excluding hydrogens is 568 g/mol. The van der Waals surface area contributed by atoms with Gasteiger partial charge in [-0.3, -0.25) is 14.7 Å². The van der Waals surface area contributed by atoms with Gasteiger partial charge in [0, 0.05) is 42.5 Å². The summed E-state index contributed by atoms with van der Waals surface area (Å²) in [5.41, 5.74) is 3.83. The second kappa shape index (κ2) is 13.1. The Kier molecular flexibility index (Phi) is 9.47. The van der Waals surface area contributed by atoms with Crippen molar-refractivity contribution in [3.63, 3.8) is 0 Å². The fourth-order valence-corrected chi connectivity index (χ4v) is 4.53. The third kappa shape index (κ3) is 7.78. The minimum atomic E-state index is -0.864. The largest absolute Gasteiger partial charge is 0.444 e. The molecule has 4 rings (SSSR count). The molecule has 1 atom stereocenters. The number of aryl methyl sites for hydroxylation is 2. The smallest absolute Gasteiger partial charge is 0.410 e. The first-order valence-electron chi connectivity index (χ1n) is 14.4. The number of fused-ring (bicyclic) bond motifs is 1. The van der Waals surface area contributed by atoms with Crippen LogP contribution in [0.2, 0.25) is 0 Å². The average molecular weight is 607 g/mol. The summed E-state index contributed by atoms with van der Waals surface area (Å²) in [5.74, 6) is 6.55. The maximum absolute atomic E-state index is 13.3. The van der Waals surface area contributed by atoms with Gasteiger partial charge < -0.3 is 20.8 Å². The van der Waals surface area contributed by atoms with Crippen molar-refractivity contribution in [1.29, 1.82) is 5.41 Å². The van der Waals surface area contributed by atoms with Crippen LogP contribution in [0.25, 0.3) is 22.0 Å². The molecule has 1 unspecified atom stereocenters. The molecule has 0 spiro atoms. The average Bonchev–Trinajstić information content (AvgIpc) is 2.97. The van der Waals surface area contributed by atoms with E-state index in [4.69, 9.17) is 10.1 Å². The number of ether oxygens (including phenoxy) is 1. The fraction of sp³-hybridized carbons (Fsp3) is 0.324. The first kappa shape index (κ1) is 32.5. The van der Waals surface area contributed by atoms with Crippen LogP contribution in [0.1, 0.15) is 63.1 Å². The highest BCUT2D eigenvalue weighted by Gasteiger charge is 2.27. The molecule has 3 heterocycles. The molecule has 1 aromatic carbocycles. The van der Waals surface area contributed by atoms with Gasteiger partial charge in [0.1, 0.15) is 34.7 Å². The Balaban J connectivity index is 1.78. The van der Waals surface area contributed by atoms with Crippen molar-refractivity contribution in [1.82, 2.24) is 24.8 Å². The van der Waals surface area contributed by atoms with Gasteiger partial charge in [-0.1, -0.05) is 12.0 Å². The molecule has 0 aliphatic heterocycles. The Bertz CT molecular complexity index is 1870. The van der Waals surface area contributed by atoms with E-state index < -0.39 is 23.6 Å². The van der Waals surface area contributed by atoms with Crippen LogP contribution in [-0.4, -0.2) is 68.3 Å². The second-order valence-corrected chi connectivity index (χ2v) is 11.7. The highest BCUT2D eigenvalue weighted by atomic mass is 16.6. The lowest BCUT2D eigenvalue weighted by molar-refractivity contribution is -0.120. The first-order valence-corrected chi connectivity index (χ1v) is 14.4. The maximum atomic E-state index is 13.3. The van der Waals surface area contributed by atoms with Crippen molar-refractivity contribution >= 4 is 40.0 Å². The molecule has 232 valence electrons. The lowest BCUT2D eigenvalue weighted by atomic mass is 10.1. The van der Waals surface area contributed by atoms with Crippen molar-refractivity contribution in [2.24, 2.45) is 0 Å². The first-order chi connectivity index (χ1) is 21.2. The molecule has 11 nitrogen and oxygen atoms in total. The predicted octanol–water partition coefficient (Wildman–Crippen LogP) is 5.73. The minimum absolute atomic E-state index is 0.220. The molecule has 0 aliphatic rings. The number of likely N-dealkylation sites (N-methyl/N-ethyl adjacent to an activating group) is 1. The quantitative estimate of drug-likeness (QED) is 0.186. The Labute approximate surface area is 263 Å². The van der Waals surface area contributed by atoms with Gasteiger partial charge in [-0.25, -0.2) is 19.7 Å². The molecule has 4 aromatic rings. The normalized spacial score (nSPS) is 11.7. The summed E-state index contributed by atoms with van der Waals surface area (Å²) in [5, 5.41) is 16.3. The van der Waals surface area contributed by atoms with Gasteiger partial charge in [0.2, 0.25) is 5.91 Å². The highest BCUT2D eigenvalue weighted by molar-refractivity contribution is 6.02. The summed E-state index contributed by atoms with van der Waals surface area (Å²) in [6.07, 6.45) is 1.15. The number of rotatable bonds is 6. The summed E-state index contributed by atoms with van der Waals surface area (Å²) in [6, 6.07) is 10.4. The van der Waals surface area contributed by atoms with Gasteiger partial charge in [0.25, 0.3) is 0 Å². The zero-order valence-corrected chi connectivity index (χ0v) is 27.1. The van der Waals surface area contributed by atoms with Crippen LogP contribution in [-0.2, 0) is 9.53 Å². The number of amides is 2. The Morgan fingerprint density at radius 1 is 1.04 bits per heavy atom. The van der Waals surface area contributed by atoms with Crippen LogP contribution in [0.3, 0.4) is 0 Å². The summed E-state index contributed by atoms with van der Waals surface area (Å²) in [7, 11) is 3.24. The standard InChI is InChI=1S/C34H38N8O3/c1-19(35)29-31(36-8)30(39-22(4)38-29)25-17-26(12-10-23-11-13-27-20(2)37-15-14-24(27)16-23)40-28(18-25)41-32(43)21(3)42(9)33(44)45-34(5,6)7/h11,13-18,21,35-36H,1-9H3,(H,40,41,43).